The van der Waals surface area contributed by atoms with Gasteiger partial charge in [-0.1, -0.05) is 12.1 Å². The highest BCUT2D eigenvalue weighted by molar-refractivity contribution is 5.96. The largest absolute Gasteiger partial charge is 0.378 e. The van der Waals surface area contributed by atoms with Gasteiger partial charge in [0.2, 0.25) is 0 Å². The van der Waals surface area contributed by atoms with E-state index < -0.39 is 22.7 Å². The average molecular weight is 439 g/mol. The molecular weight excluding hydrogens is 417 g/mol. The fourth-order valence-corrected chi connectivity index (χ4v) is 3.70. The van der Waals surface area contributed by atoms with E-state index in [2.05, 4.69) is 10.3 Å². The molecule has 1 atom stereocenters. The Morgan fingerprint density at radius 1 is 1.22 bits per heavy atom. The smallest absolute Gasteiger partial charge is 0.293 e. The molecule has 0 bridgehead atoms. The van der Waals surface area contributed by atoms with E-state index in [0.29, 0.717) is 43.4 Å². The summed E-state index contributed by atoms with van der Waals surface area (Å²) in [6.45, 7) is 2.06. The summed E-state index contributed by atoms with van der Waals surface area (Å²) in [6, 6.07) is 9.51. The van der Waals surface area contributed by atoms with Crippen LogP contribution in [0.5, 0.6) is 0 Å². The minimum Gasteiger partial charge on any atom is -0.378 e. The van der Waals surface area contributed by atoms with Crippen LogP contribution in [0.25, 0.3) is 0 Å². The van der Waals surface area contributed by atoms with Crippen LogP contribution in [0.15, 0.2) is 54.9 Å². The molecule has 1 aliphatic rings. The van der Waals surface area contributed by atoms with Crippen LogP contribution in [0.4, 0.5) is 15.8 Å². The number of imidazole rings is 1. The minimum atomic E-state index is -0.666. The molecule has 1 saturated heterocycles. The quantitative estimate of drug-likeness (QED) is 0.468. The van der Waals surface area contributed by atoms with E-state index in [1.807, 2.05) is 4.90 Å². The van der Waals surface area contributed by atoms with Crippen molar-refractivity contribution in [2.45, 2.75) is 6.04 Å². The summed E-state index contributed by atoms with van der Waals surface area (Å²) < 4.78 is 20.5. The lowest BCUT2D eigenvalue weighted by molar-refractivity contribution is -0.384. The molecule has 2 aromatic carbocycles. The molecule has 1 aromatic heterocycles. The highest BCUT2D eigenvalue weighted by Gasteiger charge is 2.26. The summed E-state index contributed by atoms with van der Waals surface area (Å²) in [6.07, 6.45) is 3.33. The lowest BCUT2D eigenvalue weighted by Crippen LogP contribution is -2.36. The molecule has 1 fully saturated rings. The first-order valence-corrected chi connectivity index (χ1v) is 10.1. The molecule has 9 nitrogen and oxygen atoms in total. The number of hydrogen-bond donors (Lipinski definition) is 1. The van der Waals surface area contributed by atoms with Crippen molar-refractivity contribution >= 4 is 17.3 Å². The van der Waals surface area contributed by atoms with Gasteiger partial charge in [-0.3, -0.25) is 14.9 Å². The van der Waals surface area contributed by atoms with Gasteiger partial charge in [-0.2, -0.15) is 0 Å². The van der Waals surface area contributed by atoms with Crippen molar-refractivity contribution in [1.82, 2.24) is 14.9 Å². The Morgan fingerprint density at radius 2 is 1.94 bits per heavy atom. The van der Waals surface area contributed by atoms with Crippen molar-refractivity contribution in [2.24, 2.45) is 7.05 Å². The highest BCUT2D eigenvalue weighted by atomic mass is 19.1. The van der Waals surface area contributed by atoms with Gasteiger partial charge < -0.3 is 19.5 Å². The number of nitro groups is 1. The molecular formula is C22H22FN5O4. The topological polar surface area (TPSA) is 103 Å². The first kappa shape index (κ1) is 21.4. The van der Waals surface area contributed by atoms with E-state index in [4.69, 9.17) is 4.74 Å². The number of amides is 1. The third kappa shape index (κ3) is 4.45. The number of carbonyl (C=O) groups excluding carboxylic acids is 1. The third-order valence-corrected chi connectivity index (χ3v) is 5.38. The molecule has 1 amide bonds. The van der Waals surface area contributed by atoms with Crippen LogP contribution >= 0.6 is 0 Å². The van der Waals surface area contributed by atoms with Crippen molar-refractivity contribution in [3.63, 3.8) is 0 Å². The Hall–Kier alpha value is -3.79. The Balaban J connectivity index is 1.64. The Morgan fingerprint density at radius 3 is 2.56 bits per heavy atom. The van der Waals surface area contributed by atoms with Gasteiger partial charge in [-0.25, -0.2) is 9.37 Å². The maximum atomic E-state index is 13.4. The molecule has 10 heteroatoms. The molecule has 0 aliphatic carbocycles. The van der Waals surface area contributed by atoms with Crippen LogP contribution in [0, 0.1) is 15.9 Å². The van der Waals surface area contributed by atoms with Gasteiger partial charge in [0.1, 0.15) is 23.4 Å². The second-order valence-electron chi connectivity index (χ2n) is 7.41. The van der Waals surface area contributed by atoms with E-state index in [9.17, 15) is 19.3 Å². The maximum absolute atomic E-state index is 13.4. The van der Waals surface area contributed by atoms with Crippen LogP contribution in [0.1, 0.15) is 27.8 Å². The fourth-order valence-electron chi connectivity index (χ4n) is 3.70. The second kappa shape index (κ2) is 9.15. The first-order chi connectivity index (χ1) is 15.4. The first-order valence-electron chi connectivity index (χ1n) is 10.1. The third-order valence-electron chi connectivity index (χ3n) is 5.38. The van der Waals surface area contributed by atoms with Crippen molar-refractivity contribution in [3.8, 4) is 0 Å². The van der Waals surface area contributed by atoms with E-state index in [1.165, 1.54) is 18.2 Å². The number of aromatic nitrogens is 2. The van der Waals surface area contributed by atoms with Crippen molar-refractivity contribution in [3.05, 3.63) is 87.7 Å². The summed E-state index contributed by atoms with van der Waals surface area (Å²) >= 11 is 0. The monoisotopic (exact) mass is 439 g/mol. The second-order valence-corrected chi connectivity index (χ2v) is 7.41. The predicted octanol–water partition coefficient (Wildman–Crippen LogP) is 2.82. The van der Waals surface area contributed by atoms with Gasteiger partial charge in [0, 0.05) is 44.2 Å². The Labute approximate surface area is 183 Å². The van der Waals surface area contributed by atoms with Crippen molar-refractivity contribution in [1.29, 1.82) is 0 Å². The lowest BCUT2D eigenvalue weighted by Gasteiger charge is -2.28. The molecule has 1 aliphatic heterocycles. The standard InChI is InChI=1S/C22H22FN5O4/c1-26-9-8-24-21(26)20(15-2-5-17(23)6-3-15)25-22(29)16-4-7-18(19(14-16)28(30)31)27-10-12-32-13-11-27/h2-9,14,20H,10-13H2,1H3,(H,25,29)/t20-/m1/s1. The summed E-state index contributed by atoms with van der Waals surface area (Å²) in [5.74, 6) is -0.351. The molecule has 4 rings (SSSR count). The summed E-state index contributed by atoms with van der Waals surface area (Å²) in [7, 11) is 1.78. The fraction of sp³-hybridized carbons (Fsp3) is 0.273. The number of carbonyl (C=O) groups is 1. The molecule has 32 heavy (non-hydrogen) atoms. The SMILES string of the molecule is Cn1ccnc1[C@H](NC(=O)c1ccc(N2CCOCC2)c([N+](=O)[O-])c1)c1ccc(F)cc1. The van der Waals surface area contributed by atoms with Crippen LogP contribution in [-0.2, 0) is 11.8 Å². The van der Waals surface area contributed by atoms with Gasteiger partial charge in [0.05, 0.1) is 18.1 Å². The minimum absolute atomic E-state index is 0.144. The summed E-state index contributed by atoms with van der Waals surface area (Å²) in [5, 5.41) is 14.6. The zero-order valence-electron chi connectivity index (χ0n) is 17.4. The highest BCUT2D eigenvalue weighted by Crippen LogP contribution is 2.30. The van der Waals surface area contributed by atoms with Gasteiger partial charge in [-0.05, 0) is 29.8 Å². The number of benzene rings is 2. The van der Waals surface area contributed by atoms with Gasteiger partial charge in [0.15, 0.2) is 0 Å². The zero-order valence-corrected chi connectivity index (χ0v) is 17.4. The van der Waals surface area contributed by atoms with Crippen molar-refractivity contribution in [2.75, 3.05) is 31.2 Å². The number of ether oxygens (including phenoxy) is 1. The Bertz CT molecular complexity index is 1130. The molecule has 2 heterocycles. The van der Waals surface area contributed by atoms with Gasteiger partial charge in [-0.15, -0.1) is 0 Å². The number of morpholine rings is 1. The van der Waals surface area contributed by atoms with Crippen molar-refractivity contribution < 1.29 is 18.8 Å². The molecule has 0 saturated carbocycles. The van der Waals surface area contributed by atoms with E-state index in [-0.39, 0.29) is 11.3 Å². The molecule has 1 N–H and O–H groups in total. The normalized spacial score (nSPS) is 14.8. The molecule has 0 radical (unpaired) electrons. The maximum Gasteiger partial charge on any atom is 0.293 e. The van der Waals surface area contributed by atoms with Crippen LogP contribution in [0.2, 0.25) is 0 Å². The number of rotatable bonds is 6. The van der Waals surface area contributed by atoms with Crippen LogP contribution in [0.3, 0.4) is 0 Å². The van der Waals surface area contributed by atoms with Gasteiger partial charge >= 0.3 is 0 Å². The average Bonchev–Trinajstić information content (AvgIpc) is 3.23. The Kier molecular flexibility index (Phi) is 6.13. The van der Waals surface area contributed by atoms with E-state index in [1.54, 1.807) is 48.3 Å². The molecule has 166 valence electrons. The zero-order chi connectivity index (χ0) is 22.7. The summed E-state index contributed by atoms with van der Waals surface area (Å²) in [4.78, 5) is 30.5. The van der Waals surface area contributed by atoms with E-state index >= 15 is 0 Å². The molecule has 0 unspecified atom stereocenters. The number of anilines is 1. The number of nitrogens with zero attached hydrogens (tertiary/aromatic N) is 4. The van der Waals surface area contributed by atoms with Crippen LogP contribution in [-0.4, -0.2) is 46.7 Å². The van der Waals surface area contributed by atoms with Gasteiger partial charge in [0.25, 0.3) is 11.6 Å². The number of nitro benzene ring substituents is 1. The number of hydrogen-bond acceptors (Lipinski definition) is 6. The number of nitrogens with one attached hydrogen (secondary N) is 1. The summed E-state index contributed by atoms with van der Waals surface area (Å²) in [5.41, 5.74) is 1.09. The molecule has 0 spiro atoms. The number of halogens is 1. The molecule has 3 aromatic rings. The van der Waals surface area contributed by atoms with Crippen LogP contribution < -0.4 is 10.2 Å². The lowest BCUT2D eigenvalue weighted by atomic mass is 10.0. The predicted molar refractivity (Wildman–Crippen MR) is 115 cm³/mol. The number of aryl methyl sites for hydroxylation is 1. The van der Waals surface area contributed by atoms with E-state index in [0.717, 1.165) is 0 Å².